The molecule has 0 unspecified atom stereocenters. The van der Waals surface area contributed by atoms with E-state index in [1.165, 1.54) is 0 Å². The van der Waals surface area contributed by atoms with Crippen LogP contribution in [0.3, 0.4) is 0 Å². The van der Waals surface area contributed by atoms with Crippen LogP contribution in [0.4, 0.5) is 0 Å². The minimum atomic E-state index is -0.402. The molecule has 6 aromatic heterocycles. The van der Waals surface area contributed by atoms with Crippen molar-refractivity contribution >= 4 is 113 Å². The van der Waals surface area contributed by atoms with Crippen LogP contribution in [0, 0.1) is 27.7 Å². The topological polar surface area (TPSA) is 220 Å². The summed E-state index contributed by atoms with van der Waals surface area (Å²) >= 11 is 0. The van der Waals surface area contributed by atoms with Gasteiger partial charge in [0.1, 0.15) is 26.4 Å². The van der Waals surface area contributed by atoms with E-state index in [0.29, 0.717) is 25.7 Å². The molecule has 6 aromatic rings. The van der Waals surface area contributed by atoms with Crippen LogP contribution in [0.25, 0.3) is 88.7 Å². The summed E-state index contributed by atoms with van der Waals surface area (Å²) in [5, 5.41) is 0. The van der Waals surface area contributed by atoms with Gasteiger partial charge in [-0.25, -0.2) is 19.9 Å². The van der Waals surface area contributed by atoms with Gasteiger partial charge in [0.2, 0.25) is 0 Å². The van der Waals surface area contributed by atoms with Crippen LogP contribution in [0.15, 0.2) is 48.5 Å². The van der Waals surface area contributed by atoms with Crippen LogP contribution in [-0.2, 0) is 63.8 Å². The normalized spacial score (nSPS) is 16.3. The van der Waals surface area contributed by atoms with Crippen molar-refractivity contribution in [2.75, 3.05) is 26.4 Å². The SMILES string of the molecule is CCc1c(C)c2cc3nc4cc5[nH]c(cc6nc(cc1[nH]2)C(C)=C6CCC(=O)OCCOC(=O)CCC1=C(C)c2cc6[nH]c(cc7nc(cc8[nH]c(cc1n2)c(C)c8CC)C(C)=C7CCC(=O)OCCOC(=O)CCC3=C4C)c(C)c6CC)c(C)c5CC. The first-order valence-corrected chi connectivity index (χ1v) is 31.3. The predicted molar refractivity (Wildman–Crippen MR) is 349 cm³/mol. The van der Waals surface area contributed by atoms with Gasteiger partial charge in [-0.2, -0.15) is 0 Å². The third-order valence-electron chi connectivity index (χ3n) is 18.6. The maximum Gasteiger partial charge on any atom is 0.306 e. The second kappa shape index (κ2) is 25.4. The number of aromatic amines is 4. The van der Waals surface area contributed by atoms with Gasteiger partial charge in [-0.1, -0.05) is 27.7 Å². The molecule has 0 amide bonds. The molecule has 20 bridgehead atoms. The van der Waals surface area contributed by atoms with Crippen molar-refractivity contribution < 1.29 is 38.1 Å². The van der Waals surface area contributed by atoms with Crippen molar-refractivity contribution in [3.8, 4) is 0 Å². The molecule has 0 fully saturated rings. The van der Waals surface area contributed by atoms with Gasteiger partial charge in [0.05, 0.1) is 45.6 Å². The zero-order valence-corrected chi connectivity index (χ0v) is 53.0. The van der Waals surface area contributed by atoms with Gasteiger partial charge in [0.15, 0.2) is 0 Å². The Balaban J connectivity index is 0.954. The lowest BCUT2D eigenvalue weighted by atomic mass is 10.00. The van der Waals surface area contributed by atoms with Crippen molar-refractivity contribution in [3.63, 3.8) is 0 Å². The summed E-state index contributed by atoms with van der Waals surface area (Å²) < 4.78 is 22.9. The van der Waals surface area contributed by atoms with Crippen molar-refractivity contribution in [1.82, 2.24) is 39.9 Å². The standard InChI is InChI=1S/C72H80N8O8/c1-13-45-37(5)53-33-65-50-18-22-70(82)86-26-28-88-72(84)24-20-52-44(12)60-32-64-47(15-3)39(7)55(75-64)35-67-51(43(11)59(79-67)31-63-48(16-4)40(8)56(76-63)36-68(52)80-60)19-23-71(83)87-27-25-85-69(81)21-17-49-41(9)57(29-61(45)73-53)77-66(49)34-54-38(6)46(14-2)62(74-54)30-58(78-65)42(50)10/h29-36,73-76H,13-28H2,1-12H3. The van der Waals surface area contributed by atoms with Gasteiger partial charge in [0, 0.05) is 69.8 Å². The third-order valence-corrected chi connectivity index (χ3v) is 18.6. The molecule has 456 valence electrons. The van der Waals surface area contributed by atoms with Crippen LogP contribution in [0.5, 0.6) is 0 Å². The van der Waals surface area contributed by atoms with Crippen LogP contribution in [0.2, 0.25) is 0 Å². The van der Waals surface area contributed by atoms with Gasteiger partial charge in [-0.05, 0) is 244 Å². The number of aryl methyl sites for hydroxylation is 8. The molecule has 0 saturated carbocycles. The zero-order valence-electron chi connectivity index (χ0n) is 53.0. The summed E-state index contributed by atoms with van der Waals surface area (Å²) in [6.07, 6.45) is 4.95. The fourth-order valence-corrected chi connectivity index (χ4v) is 13.3. The maximum atomic E-state index is 13.6. The molecule has 0 aromatic carbocycles. The molecule has 0 atom stereocenters. The van der Waals surface area contributed by atoms with Crippen LogP contribution < -0.4 is 0 Å². The number of hydrogen-bond acceptors (Lipinski definition) is 12. The lowest BCUT2D eigenvalue weighted by molar-refractivity contribution is -0.152. The molecule has 0 spiro atoms. The second-order valence-corrected chi connectivity index (χ2v) is 23.6. The van der Waals surface area contributed by atoms with E-state index < -0.39 is 23.9 Å². The molecule has 6 aliphatic heterocycles. The molecular formula is C72H80N8O8. The highest BCUT2D eigenvalue weighted by Crippen LogP contribution is 2.40. The summed E-state index contributed by atoms with van der Waals surface area (Å²) in [6, 6.07) is 16.7. The maximum absolute atomic E-state index is 13.6. The van der Waals surface area contributed by atoms with Crippen LogP contribution in [-0.4, -0.2) is 90.2 Å². The molecular weight excluding hydrogens is 1100 g/mol. The lowest BCUT2D eigenvalue weighted by Crippen LogP contribution is -2.14. The quantitative estimate of drug-likeness (QED) is 0.0957. The predicted octanol–water partition coefficient (Wildman–Crippen LogP) is 15.2. The van der Waals surface area contributed by atoms with Crippen molar-refractivity contribution in [2.45, 2.75) is 160 Å². The molecule has 16 heteroatoms. The van der Waals surface area contributed by atoms with E-state index in [0.717, 1.165) is 204 Å². The Kier molecular flexibility index (Phi) is 17.6. The first-order chi connectivity index (χ1) is 42.4. The number of allylic oxidation sites excluding steroid dienone is 8. The van der Waals surface area contributed by atoms with E-state index in [2.05, 4.69) is 152 Å². The highest BCUT2D eigenvalue weighted by Gasteiger charge is 2.26. The Morgan fingerprint density at radius 3 is 0.682 bits per heavy atom. The van der Waals surface area contributed by atoms with Gasteiger partial charge in [-0.15, -0.1) is 0 Å². The Bertz CT molecular complexity index is 3840. The van der Waals surface area contributed by atoms with E-state index in [1.54, 1.807) is 0 Å². The summed E-state index contributed by atoms with van der Waals surface area (Å²) in [5.41, 5.74) is 30.0. The van der Waals surface area contributed by atoms with Crippen LogP contribution in [0.1, 0.15) is 197 Å². The van der Waals surface area contributed by atoms with Gasteiger partial charge < -0.3 is 38.9 Å². The van der Waals surface area contributed by atoms with Gasteiger partial charge in [-0.3, -0.25) is 19.2 Å². The summed E-state index contributed by atoms with van der Waals surface area (Å²) in [4.78, 5) is 90.2. The minimum Gasteiger partial charge on any atom is -0.462 e. The Labute approximate surface area is 513 Å². The average Bonchev–Trinajstić information content (AvgIpc) is 4.54. The third kappa shape index (κ3) is 12.0. The molecule has 16 nitrogen and oxygen atoms in total. The molecule has 4 N–H and O–H groups in total. The van der Waals surface area contributed by atoms with E-state index in [-0.39, 0.29) is 52.1 Å². The fraction of sp³-hybridized carbons (Fsp3) is 0.389. The number of fused-ring (bicyclic) bond motifs is 18. The first-order valence-electron chi connectivity index (χ1n) is 31.3. The number of nitrogens with one attached hydrogen (secondary N) is 4. The first kappa shape index (κ1) is 60.8. The summed E-state index contributed by atoms with van der Waals surface area (Å²) in [6.45, 7) is 24.9. The lowest BCUT2D eigenvalue weighted by Gasteiger charge is -2.08. The number of rotatable bonds is 4. The number of aromatic nitrogens is 8. The molecule has 0 radical (unpaired) electrons. The number of ether oxygens (including phenoxy) is 4. The minimum absolute atomic E-state index is 0.0774. The Hall–Kier alpha value is -8.92. The number of H-pyrrole nitrogens is 4. The zero-order chi connectivity index (χ0) is 62.2. The van der Waals surface area contributed by atoms with Crippen molar-refractivity contribution in [3.05, 3.63) is 139 Å². The molecule has 12 rings (SSSR count). The van der Waals surface area contributed by atoms with Gasteiger partial charge in [0.25, 0.3) is 0 Å². The van der Waals surface area contributed by atoms with Crippen molar-refractivity contribution in [1.29, 1.82) is 0 Å². The van der Waals surface area contributed by atoms with E-state index in [1.807, 2.05) is 0 Å². The highest BCUT2D eigenvalue weighted by atomic mass is 16.6. The molecule has 88 heavy (non-hydrogen) atoms. The second-order valence-electron chi connectivity index (χ2n) is 23.6. The number of hydrogen-bond donors (Lipinski definition) is 4. The number of nitrogens with zero attached hydrogens (tertiary/aromatic N) is 4. The molecule has 12 heterocycles. The van der Waals surface area contributed by atoms with Crippen LogP contribution >= 0.6 is 0 Å². The number of esters is 4. The Morgan fingerprint density at radius 2 is 0.489 bits per heavy atom. The largest absolute Gasteiger partial charge is 0.462 e. The monoisotopic (exact) mass is 1180 g/mol. The Morgan fingerprint density at radius 1 is 0.295 bits per heavy atom. The molecule has 0 saturated heterocycles. The average molecular weight is 1190 g/mol. The number of carbonyl (C=O) groups excluding carboxylic acids is 4. The summed E-state index contributed by atoms with van der Waals surface area (Å²) in [5.74, 6) is -1.61. The van der Waals surface area contributed by atoms with E-state index >= 15 is 0 Å². The van der Waals surface area contributed by atoms with Crippen molar-refractivity contribution in [2.24, 2.45) is 0 Å². The molecule has 6 aliphatic rings. The number of carbonyl (C=O) groups is 4. The molecule has 0 aliphatic carbocycles. The summed E-state index contributed by atoms with van der Waals surface area (Å²) in [7, 11) is 0. The van der Waals surface area contributed by atoms with E-state index in [9.17, 15) is 19.2 Å². The fourth-order valence-electron chi connectivity index (χ4n) is 13.3. The highest BCUT2D eigenvalue weighted by molar-refractivity contribution is 5.98. The van der Waals surface area contributed by atoms with E-state index in [4.69, 9.17) is 38.9 Å². The van der Waals surface area contributed by atoms with Gasteiger partial charge >= 0.3 is 23.9 Å². The smallest absolute Gasteiger partial charge is 0.306 e.